The van der Waals surface area contributed by atoms with Crippen LogP contribution in [0.2, 0.25) is 0 Å². The second-order valence-electron chi connectivity index (χ2n) is 6.12. The Balaban J connectivity index is 1.41. The Morgan fingerprint density at radius 1 is 1.35 bits per heavy atom. The third-order valence-electron chi connectivity index (χ3n) is 4.23. The Morgan fingerprint density at radius 3 is 2.96 bits per heavy atom. The molecule has 0 bridgehead atoms. The lowest BCUT2D eigenvalue weighted by atomic mass is 9.80. The van der Waals surface area contributed by atoms with E-state index >= 15 is 0 Å². The largest absolute Gasteiger partial charge is 0.368 e. The van der Waals surface area contributed by atoms with Crippen LogP contribution in [0, 0.1) is 5.92 Å². The minimum Gasteiger partial charge on any atom is -0.368 e. The van der Waals surface area contributed by atoms with Gasteiger partial charge in [0, 0.05) is 33.0 Å². The molecule has 0 saturated heterocycles. The lowest BCUT2D eigenvalue weighted by molar-refractivity contribution is 0.194. The lowest BCUT2D eigenvalue weighted by Gasteiger charge is -2.35. The molecule has 1 N–H and O–H groups in total. The average Bonchev–Trinajstić information content (AvgIpc) is 3.14. The first-order valence-corrected chi connectivity index (χ1v) is 8.54. The van der Waals surface area contributed by atoms with Crippen LogP contribution in [0.25, 0.3) is 10.3 Å². The predicted molar refractivity (Wildman–Crippen MR) is 92.0 cm³/mol. The van der Waals surface area contributed by atoms with Crippen LogP contribution >= 0.6 is 11.3 Å². The number of anilines is 2. The van der Waals surface area contributed by atoms with E-state index < -0.39 is 0 Å². The van der Waals surface area contributed by atoms with E-state index in [4.69, 9.17) is 0 Å². The average molecular weight is 329 g/mol. The Hall–Kier alpha value is -2.22. The van der Waals surface area contributed by atoms with Crippen molar-refractivity contribution in [2.24, 2.45) is 5.92 Å². The van der Waals surface area contributed by atoms with Crippen molar-refractivity contribution in [1.82, 2.24) is 24.7 Å². The van der Waals surface area contributed by atoms with Crippen molar-refractivity contribution in [1.29, 1.82) is 0 Å². The molecule has 0 spiro atoms. The first-order valence-electron chi connectivity index (χ1n) is 7.72. The highest BCUT2D eigenvalue weighted by Gasteiger charge is 2.30. The van der Waals surface area contributed by atoms with Gasteiger partial charge >= 0.3 is 0 Å². The van der Waals surface area contributed by atoms with E-state index in [0.29, 0.717) is 12.0 Å². The summed E-state index contributed by atoms with van der Waals surface area (Å²) in [5.74, 6) is 1.55. The topological polar surface area (TPSA) is 71.8 Å². The quantitative estimate of drug-likeness (QED) is 0.775. The van der Waals surface area contributed by atoms with E-state index in [0.717, 1.165) is 40.7 Å². The maximum atomic E-state index is 4.52. The number of aromatic nitrogens is 5. The van der Waals surface area contributed by atoms with E-state index in [1.807, 2.05) is 37.5 Å². The Labute approximate surface area is 138 Å². The van der Waals surface area contributed by atoms with Gasteiger partial charge < -0.3 is 10.2 Å². The summed E-state index contributed by atoms with van der Waals surface area (Å²) < 4.78 is 3.09. The highest BCUT2D eigenvalue weighted by atomic mass is 32.1. The molecule has 0 aliphatic heterocycles. The van der Waals surface area contributed by atoms with Crippen molar-refractivity contribution in [2.45, 2.75) is 18.9 Å². The molecule has 1 saturated carbocycles. The summed E-state index contributed by atoms with van der Waals surface area (Å²) in [7, 11) is 3.98. The summed E-state index contributed by atoms with van der Waals surface area (Å²) >= 11 is 1.62. The van der Waals surface area contributed by atoms with E-state index in [1.54, 1.807) is 17.7 Å². The molecule has 0 aromatic carbocycles. The fourth-order valence-electron chi connectivity index (χ4n) is 2.88. The van der Waals surface area contributed by atoms with Gasteiger partial charge in [-0.25, -0.2) is 9.97 Å². The maximum absolute atomic E-state index is 4.52. The zero-order valence-corrected chi connectivity index (χ0v) is 14.0. The second kappa shape index (κ2) is 5.77. The molecule has 7 nitrogen and oxygen atoms in total. The van der Waals surface area contributed by atoms with Crippen LogP contribution in [-0.2, 0) is 0 Å². The van der Waals surface area contributed by atoms with E-state index in [9.17, 15) is 0 Å². The van der Waals surface area contributed by atoms with Gasteiger partial charge in [0.1, 0.15) is 16.8 Å². The number of hydrogen-bond donors (Lipinski definition) is 1. The van der Waals surface area contributed by atoms with Crippen molar-refractivity contribution in [2.75, 3.05) is 30.9 Å². The van der Waals surface area contributed by atoms with E-state index in [2.05, 4.69) is 30.0 Å². The predicted octanol–water partition coefficient (Wildman–Crippen LogP) is 2.41. The van der Waals surface area contributed by atoms with Crippen LogP contribution in [-0.4, -0.2) is 45.4 Å². The van der Waals surface area contributed by atoms with Crippen LogP contribution < -0.4 is 10.2 Å². The molecule has 8 heteroatoms. The van der Waals surface area contributed by atoms with Gasteiger partial charge in [-0.1, -0.05) is 11.3 Å². The van der Waals surface area contributed by atoms with E-state index in [-0.39, 0.29) is 0 Å². The van der Waals surface area contributed by atoms with Gasteiger partial charge in [-0.05, 0) is 24.8 Å². The van der Waals surface area contributed by atoms with Crippen molar-refractivity contribution in [3.8, 4) is 0 Å². The summed E-state index contributed by atoms with van der Waals surface area (Å²) in [6.07, 6.45) is 7.79. The number of thiazole rings is 1. The molecule has 3 aromatic rings. The normalized spacial score (nSPS) is 20.4. The van der Waals surface area contributed by atoms with E-state index in [1.165, 1.54) is 0 Å². The first-order chi connectivity index (χ1) is 11.2. The van der Waals surface area contributed by atoms with Crippen molar-refractivity contribution < 1.29 is 0 Å². The summed E-state index contributed by atoms with van der Waals surface area (Å²) in [6, 6.07) is 2.53. The monoisotopic (exact) mass is 329 g/mol. The molecule has 3 heterocycles. The molecule has 4 rings (SSSR count). The fraction of sp³-hybridized carbons (Fsp3) is 0.467. The molecular weight excluding hydrogens is 310 g/mol. The Bertz CT molecular complexity index is 789. The standard InChI is InChI=1S/C15H19N7S/c1-21(2)15-20-14-12(23-15)13(17-9-18-14)16-8-10-6-11(7-10)22-5-3-4-19-22/h3-5,9-11H,6-8H2,1-2H3,(H,16,17,18). The molecule has 0 amide bonds. The maximum Gasteiger partial charge on any atom is 0.187 e. The molecule has 120 valence electrons. The van der Waals surface area contributed by atoms with Crippen molar-refractivity contribution in [3.63, 3.8) is 0 Å². The molecule has 0 radical (unpaired) electrons. The summed E-state index contributed by atoms with van der Waals surface area (Å²) in [6.45, 7) is 0.930. The highest BCUT2D eigenvalue weighted by Crippen LogP contribution is 2.38. The van der Waals surface area contributed by atoms with Crippen LogP contribution in [0.15, 0.2) is 24.8 Å². The first kappa shape index (κ1) is 14.4. The second-order valence-corrected chi connectivity index (χ2v) is 7.10. The number of fused-ring (bicyclic) bond motifs is 1. The molecule has 1 aliphatic rings. The fourth-order valence-corrected chi connectivity index (χ4v) is 3.79. The zero-order valence-electron chi connectivity index (χ0n) is 13.2. The Kier molecular flexibility index (Phi) is 3.60. The highest BCUT2D eigenvalue weighted by molar-refractivity contribution is 7.22. The third kappa shape index (κ3) is 2.74. The van der Waals surface area contributed by atoms with Gasteiger partial charge in [-0.3, -0.25) is 4.68 Å². The Morgan fingerprint density at radius 2 is 2.22 bits per heavy atom. The third-order valence-corrected chi connectivity index (χ3v) is 5.45. The van der Waals surface area contributed by atoms with Crippen molar-refractivity contribution >= 4 is 32.6 Å². The number of nitrogens with zero attached hydrogens (tertiary/aromatic N) is 6. The molecule has 23 heavy (non-hydrogen) atoms. The molecule has 0 unspecified atom stereocenters. The number of hydrogen-bond acceptors (Lipinski definition) is 7. The summed E-state index contributed by atoms with van der Waals surface area (Å²) in [4.78, 5) is 15.2. The van der Waals surface area contributed by atoms with Crippen LogP contribution in [0.5, 0.6) is 0 Å². The van der Waals surface area contributed by atoms with Crippen LogP contribution in [0.4, 0.5) is 10.9 Å². The number of nitrogens with one attached hydrogen (secondary N) is 1. The molecular formula is C15H19N7S. The zero-order chi connectivity index (χ0) is 15.8. The minimum atomic E-state index is 0.547. The van der Waals surface area contributed by atoms with Gasteiger partial charge in [0.25, 0.3) is 0 Å². The molecule has 1 aliphatic carbocycles. The molecule has 3 aromatic heterocycles. The number of rotatable bonds is 5. The van der Waals surface area contributed by atoms with Crippen molar-refractivity contribution in [3.05, 3.63) is 24.8 Å². The van der Waals surface area contributed by atoms with Gasteiger partial charge in [0.2, 0.25) is 0 Å². The van der Waals surface area contributed by atoms with Gasteiger partial charge in [0.15, 0.2) is 10.8 Å². The molecule has 0 atom stereocenters. The van der Waals surface area contributed by atoms with Crippen LogP contribution in [0.1, 0.15) is 18.9 Å². The minimum absolute atomic E-state index is 0.547. The molecule has 1 fully saturated rings. The summed E-state index contributed by atoms with van der Waals surface area (Å²) in [5, 5.41) is 8.74. The van der Waals surface area contributed by atoms with Crippen LogP contribution in [0.3, 0.4) is 0 Å². The van der Waals surface area contributed by atoms with Gasteiger partial charge in [-0.15, -0.1) is 0 Å². The lowest BCUT2D eigenvalue weighted by Crippen LogP contribution is -2.32. The van der Waals surface area contributed by atoms with Gasteiger partial charge in [-0.2, -0.15) is 10.1 Å². The van der Waals surface area contributed by atoms with Gasteiger partial charge in [0.05, 0.1) is 6.04 Å². The SMILES string of the molecule is CN(C)c1nc2ncnc(NCC3CC(n4cccn4)C3)c2s1. The smallest absolute Gasteiger partial charge is 0.187 e. The summed E-state index contributed by atoms with van der Waals surface area (Å²) in [5.41, 5.74) is 0.763.